The highest BCUT2D eigenvalue weighted by molar-refractivity contribution is 8.00. The molecule has 0 spiro atoms. The monoisotopic (exact) mass is 854 g/mol. The molecule has 0 fully saturated rings. The molecule has 2 nitrogen and oxygen atoms in total. The first-order valence-corrected chi connectivity index (χ1v) is 24.0. The van der Waals surface area contributed by atoms with Crippen LogP contribution in [0.1, 0.15) is 24.8 Å². The van der Waals surface area contributed by atoms with Gasteiger partial charge in [0.15, 0.2) is 0 Å². The number of para-hydroxylation sites is 4. The number of hydrogen-bond donors (Lipinski definition) is 0. The highest BCUT2D eigenvalue weighted by Crippen LogP contribution is 2.55. The molecule has 64 heavy (non-hydrogen) atoms. The maximum absolute atomic E-state index is 2.50. The topological polar surface area (TPSA) is 6.48 Å². The van der Waals surface area contributed by atoms with Crippen LogP contribution in [0.25, 0.3) is 49.4 Å². The van der Waals surface area contributed by atoms with Crippen LogP contribution < -0.4 is 9.80 Å². The lowest BCUT2D eigenvalue weighted by Gasteiger charge is -2.34. The summed E-state index contributed by atoms with van der Waals surface area (Å²) in [5.74, 6) is 0.513. The molecule has 0 N–H and O–H groups in total. The highest BCUT2D eigenvalue weighted by atomic mass is 32.2. The van der Waals surface area contributed by atoms with Crippen molar-refractivity contribution in [1.82, 2.24) is 0 Å². The van der Waals surface area contributed by atoms with Crippen molar-refractivity contribution < 1.29 is 0 Å². The Hall–Kier alpha value is -6.98. The number of fused-ring (bicyclic) bond motifs is 7. The molecule has 0 amide bonds. The lowest BCUT2D eigenvalue weighted by atomic mass is 9.76. The Morgan fingerprint density at radius 2 is 0.875 bits per heavy atom. The van der Waals surface area contributed by atoms with Gasteiger partial charge in [0.05, 0.1) is 22.7 Å². The van der Waals surface area contributed by atoms with Gasteiger partial charge in [-0.2, -0.15) is 0 Å². The van der Waals surface area contributed by atoms with Crippen LogP contribution in [0.15, 0.2) is 238 Å². The van der Waals surface area contributed by atoms with Crippen molar-refractivity contribution in [1.29, 1.82) is 0 Å². The van der Waals surface area contributed by atoms with Gasteiger partial charge in [-0.15, -0.1) is 0 Å². The van der Waals surface area contributed by atoms with Crippen molar-refractivity contribution in [3.63, 3.8) is 0 Å². The second-order valence-electron chi connectivity index (χ2n) is 17.1. The fourth-order valence-corrected chi connectivity index (χ4v) is 12.6. The molecular formula is C60H42N2S2. The van der Waals surface area contributed by atoms with E-state index >= 15 is 0 Å². The quantitative estimate of drug-likeness (QED) is 0.159. The molecule has 0 saturated carbocycles. The summed E-state index contributed by atoms with van der Waals surface area (Å²) in [6, 6.07) is 70.0. The van der Waals surface area contributed by atoms with Crippen LogP contribution in [0, 0.1) is 5.92 Å². The molecule has 2 heterocycles. The SMILES string of the molecule is C1=CC2=CC=C(c3c4cc(N5c6ccccc6Sc6ccccc65)ccc4c(-c4ccc(-c5ccccc5)cc4)c4cc(N5c6ccccc6Sc6ccccc65)ccc34)CC2CC1. The zero-order valence-corrected chi connectivity index (χ0v) is 36.7. The standard InChI is InChI=1S/C60H42N2S2/c1-2-14-39(15-3-1)41-26-29-42(30-27-41)59-47-34-32-46(62-53-20-8-12-24-57(53)64-58-25-13-9-21-54(58)62)38-50(47)60(44-31-28-40-16-4-5-17-43(40)36-44)48-35-33-45(37-49(48)59)61-51-18-6-10-22-55(51)63-56-23-11-7-19-52(56)61/h1-4,6-16,18-35,37-38,43H,5,17,36H2. The highest BCUT2D eigenvalue weighted by Gasteiger charge is 2.30. The molecule has 1 atom stereocenters. The Morgan fingerprint density at radius 1 is 0.406 bits per heavy atom. The molecule has 0 aromatic heterocycles. The largest absolute Gasteiger partial charge is 0.308 e. The Morgan fingerprint density at radius 3 is 1.44 bits per heavy atom. The number of rotatable bonds is 5. The van der Waals surface area contributed by atoms with Gasteiger partial charge in [0.2, 0.25) is 0 Å². The second kappa shape index (κ2) is 15.4. The summed E-state index contributed by atoms with van der Waals surface area (Å²) in [6.45, 7) is 0. The Kier molecular flexibility index (Phi) is 9.02. The maximum atomic E-state index is 2.50. The number of allylic oxidation sites excluding steroid dienone is 6. The van der Waals surface area contributed by atoms with E-state index in [0.29, 0.717) is 5.92 Å². The van der Waals surface area contributed by atoms with Crippen LogP contribution in [0.4, 0.5) is 34.1 Å². The average Bonchev–Trinajstić information content (AvgIpc) is 3.36. The fraction of sp³-hybridized carbons (Fsp3) is 0.0667. The van der Waals surface area contributed by atoms with Gasteiger partial charge in [0.25, 0.3) is 0 Å². The van der Waals surface area contributed by atoms with Gasteiger partial charge in [-0.1, -0.05) is 163 Å². The van der Waals surface area contributed by atoms with Crippen LogP contribution >= 0.6 is 23.5 Å². The van der Waals surface area contributed by atoms with Gasteiger partial charge in [-0.05, 0) is 158 Å². The number of hydrogen-bond acceptors (Lipinski definition) is 4. The molecule has 9 aromatic carbocycles. The van der Waals surface area contributed by atoms with Crippen LogP contribution in [0.2, 0.25) is 0 Å². The molecule has 4 aliphatic rings. The third kappa shape index (κ3) is 6.19. The molecule has 304 valence electrons. The van der Waals surface area contributed by atoms with E-state index in [4.69, 9.17) is 0 Å². The molecule has 1 unspecified atom stereocenters. The fourth-order valence-electron chi connectivity index (χ4n) is 10.5. The van der Waals surface area contributed by atoms with Crippen LogP contribution in [0.3, 0.4) is 0 Å². The first kappa shape index (κ1) is 37.6. The maximum Gasteiger partial charge on any atom is 0.0601 e. The predicted molar refractivity (Wildman–Crippen MR) is 272 cm³/mol. The summed E-state index contributed by atoms with van der Waals surface area (Å²) in [4.78, 5) is 10.0. The molecule has 9 aromatic rings. The summed E-state index contributed by atoms with van der Waals surface area (Å²) < 4.78 is 0. The number of anilines is 6. The lowest BCUT2D eigenvalue weighted by molar-refractivity contribution is 0.573. The van der Waals surface area contributed by atoms with Gasteiger partial charge in [0.1, 0.15) is 0 Å². The third-order valence-electron chi connectivity index (χ3n) is 13.5. The first-order valence-electron chi connectivity index (χ1n) is 22.3. The minimum absolute atomic E-state index is 0.513. The van der Waals surface area contributed by atoms with Gasteiger partial charge in [0, 0.05) is 31.0 Å². The summed E-state index contributed by atoms with van der Waals surface area (Å²) in [5.41, 5.74) is 16.3. The number of nitrogens with zero attached hydrogens (tertiary/aromatic N) is 2. The van der Waals surface area contributed by atoms with Crippen LogP contribution in [-0.4, -0.2) is 0 Å². The lowest BCUT2D eigenvalue weighted by Crippen LogP contribution is -2.15. The molecule has 2 aliphatic heterocycles. The molecule has 2 aliphatic carbocycles. The van der Waals surface area contributed by atoms with Crippen LogP contribution in [-0.2, 0) is 0 Å². The number of benzene rings is 9. The zero-order chi connectivity index (χ0) is 42.1. The molecule has 13 rings (SSSR count). The van der Waals surface area contributed by atoms with Crippen molar-refractivity contribution in [3.05, 3.63) is 223 Å². The van der Waals surface area contributed by atoms with Crippen molar-refractivity contribution in [2.45, 2.75) is 38.8 Å². The molecule has 0 bridgehead atoms. The summed E-state index contributed by atoms with van der Waals surface area (Å²) in [6.07, 6.45) is 12.9. The van der Waals surface area contributed by atoms with E-state index in [-0.39, 0.29) is 0 Å². The average molecular weight is 855 g/mol. The molecule has 4 heteroatoms. The van der Waals surface area contributed by atoms with E-state index in [1.807, 2.05) is 23.5 Å². The Bertz CT molecular complexity index is 3340. The van der Waals surface area contributed by atoms with E-state index in [2.05, 4.69) is 222 Å². The summed E-state index contributed by atoms with van der Waals surface area (Å²) >= 11 is 3.71. The normalized spacial score (nSPS) is 16.0. The minimum atomic E-state index is 0.513. The van der Waals surface area contributed by atoms with Crippen molar-refractivity contribution in [2.24, 2.45) is 5.92 Å². The molecular weight excluding hydrogens is 813 g/mol. The first-order chi connectivity index (χ1) is 31.7. The van der Waals surface area contributed by atoms with Gasteiger partial charge in [-0.3, -0.25) is 0 Å². The summed E-state index contributed by atoms with van der Waals surface area (Å²) in [7, 11) is 0. The van der Waals surface area contributed by atoms with E-state index in [1.54, 1.807) is 0 Å². The van der Waals surface area contributed by atoms with Gasteiger partial charge < -0.3 is 9.80 Å². The second-order valence-corrected chi connectivity index (χ2v) is 19.3. The van der Waals surface area contributed by atoms with Gasteiger partial charge in [-0.25, -0.2) is 0 Å². The Balaban J connectivity index is 1.11. The van der Waals surface area contributed by atoms with Crippen molar-refractivity contribution in [2.75, 3.05) is 9.80 Å². The van der Waals surface area contributed by atoms with Gasteiger partial charge >= 0.3 is 0 Å². The van der Waals surface area contributed by atoms with Crippen molar-refractivity contribution >= 4 is 84.8 Å². The van der Waals surface area contributed by atoms with E-state index < -0.39 is 0 Å². The van der Waals surface area contributed by atoms with E-state index in [0.717, 1.165) is 18.5 Å². The molecule has 0 saturated heterocycles. The van der Waals surface area contributed by atoms with E-state index in [1.165, 1.54) is 115 Å². The van der Waals surface area contributed by atoms with E-state index in [9.17, 15) is 0 Å². The summed E-state index contributed by atoms with van der Waals surface area (Å²) in [5, 5.41) is 5.09. The predicted octanol–water partition coefficient (Wildman–Crippen LogP) is 17.9. The smallest absolute Gasteiger partial charge is 0.0601 e. The third-order valence-corrected chi connectivity index (χ3v) is 15.7. The zero-order valence-electron chi connectivity index (χ0n) is 35.1. The molecule has 0 radical (unpaired) electrons. The Labute approximate surface area is 382 Å². The van der Waals surface area contributed by atoms with Crippen LogP contribution in [0.5, 0.6) is 0 Å². The minimum Gasteiger partial charge on any atom is -0.308 e. The van der Waals surface area contributed by atoms with Crippen molar-refractivity contribution in [3.8, 4) is 22.3 Å².